The van der Waals surface area contributed by atoms with Crippen LogP contribution in [0.3, 0.4) is 0 Å². The summed E-state index contributed by atoms with van der Waals surface area (Å²) >= 11 is 4.52. The summed E-state index contributed by atoms with van der Waals surface area (Å²) in [7, 11) is 2.04. The van der Waals surface area contributed by atoms with E-state index in [9.17, 15) is 0 Å². The molecule has 0 heterocycles. The second-order valence-electron chi connectivity index (χ2n) is 4.39. The van der Waals surface area contributed by atoms with Crippen molar-refractivity contribution in [1.29, 1.82) is 5.26 Å². The first-order valence-corrected chi connectivity index (χ1v) is 6.00. The quantitative estimate of drug-likeness (QED) is 0.638. The average molecular weight is 246 g/mol. The van der Waals surface area contributed by atoms with Gasteiger partial charge in [0.1, 0.15) is 0 Å². The molecule has 0 N–H and O–H groups in total. The topological polar surface area (TPSA) is 27.0 Å². The smallest absolute Gasteiger partial charge is 0.0991 e. The van der Waals surface area contributed by atoms with Gasteiger partial charge in [0.25, 0.3) is 0 Å². The highest BCUT2D eigenvalue weighted by Gasteiger charge is 2.14. The molecule has 0 aliphatic rings. The molecule has 0 fully saturated rings. The molecule has 0 bridgehead atoms. The van der Waals surface area contributed by atoms with Crippen molar-refractivity contribution in [3.8, 4) is 6.07 Å². The summed E-state index contributed by atoms with van der Waals surface area (Å²) in [5.74, 6) is 0. The van der Waals surface area contributed by atoms with E-state index >= 15 is 0 Å². The van der Waals surface area contributed by atoms with Crippen molar-refractivity contribution >= 4 is 18.3 Å². The van der Waals surface area contributed by atoms with Gasteiger partial charge in [-0.25, -0.2) is 0 Å². The van der Waals surface area contributed by atoms with Crippen LogP contribution in [-0.4, -0.2) is 18.3 Å². The van der Waals surface area contributed by atoms with Crippen LogP contribution < -0.4 is 4.90 Å². The molecule has 0 radical (unpaired) electrons. The molecule has 1 rings (SSSR count). The lowest BCUT2D eigenvalue weighted by Gasteiger charge is -2.25. The van der Waals surface area contributed by atoms with Crippen LogP contribution in [0.4, 0.5) is 5.69 Å². The van der Waals surface area contributed by atoms with Gasteiger partial charge in [-0.05, 0) is 37.6 Å². The number of hydrogen-bond donors (Lipinski definition) is 1. The van der Waals surface area contributed by atoms with Crippen LogP contribution in [-0.2, 0) is 0 Å². The van der Waals surface area contributed by atoms with Crippen LogP contribution in [0.25, 0.3) is 0 Å². The lowest BCUT2D eigenvalue weighted by atomic mass is 10.1. The van der Waals surface area contributed by atoms with E-state index in [1.54, 1.807) is 0 Å². The zero-order valence-corrected chi connectivity index (χ0v) is 11.2. The lowest BCUT2D eigenvalue weighted by Crippen LogP contribution is -2.25. The number of nitriles is 1. The SMILES string of the molecule is C=CC(C)(S)CCN(C)c1ccc(C#N)cc1. The van der Waals surface area contributed by atoms with Gasteiger partial charge in [0.2, 0.25) is 0 Å². The van der Waals surface area contributed by atoms with Crippen molar-refractivity contribution < 1.29 is 0 Å². The van der Waals surface area contributed by atoms with Crippen LogP contribution in [0.1, 0.15) is 18.9 Å². The van der Waals surface area contributed by atoms with E-state index < -0.39 is 0 Å². The maximum Gasteiger partial charge on any atom is 0.0991 e. The lowest BCUT2D eigenvalue weighted by molar-refractivity contribution is 0.691. The van der Waals surface area contributed by atoms with E-state index in [-0.39, 0.29) is 4.75 Å². The summed E-state index contributed by atoms with van der Waals surface area (Å²) in [4.78, 5) is 2.15. The van der Waals surface area contributed by atoms with Crippen LogP contribution >= 0.6 is 12.6 Å². The normalized spacial score (nSPS) is 13.5. The van der Waals surface area contributed by atoms with Gasteiger partial charge in [0.15, 0.2) is 0 Å². The van der Waals surface area contributed by atoms with E-state index in [1.807, 2.05) is 37.4 Å². The van der Waals surface area contributed by atoms with Gasteiger partial charge >= 0.3 is 0 Å². The molecule has 1 aromatic carbocycles. The minimum absolute atomic E-state index is 0.138. The Morgan fingerprint density at radius 3 is 2.53 bits per heavy atom. The molecule has 0 saturated carbocycles. The third kappa shape index (κ3) is 4.16. The number of hydrogen-bond acceptors (Lipinski definition) is 3. The molecule has 1 atom stereocenters. The largest absolute Gasteiger partial charge is 0.375 e. The molecule has 0 aromatic heterocycles. The predicted molar refractivity (Wildman–Crippen MR) is 76.6 cm³/mol. The van der Waals surface area contributed by atoms with Gasteiger partial charge in [-0.1, -0.05) is 6.08 Å². The Bertz CT molecular complexity index is 415. The summed E-state index contributed by atoms with van der Waals surface area (Å²) in [6.45, 7) is 6.73. The van der Waals surface area contributed by atoms with Gasteiger partial charge < -0.3 is 4.90 Å². The Balaban J connectivity index is 2.61. The molecule has 17 heavy (non-hydrogen) atoms. The van der Waals surface area contributed by atoms with Gasteiger partial charge in [-0.3, -0.25) is 0 Å². The molecule has 90 valence electrons. The number of benzene rings is 1. The van der Waals surface area contributed by atoms with Crippen LogP contribution in [0.5, 0.6) is 0 Å². The van der Waals surface area contributed by atoms with Gasteiger partial charge in [-0.15, -0.1) is 6.58 Å². The standard InChI is InChI=1S/C14H18N2S/c1-4-14(2,17)9-10-16(3)13-7-5-12(11-15)6-8-13/h4-8,17H,1,9-10H2,2-3H3. The fourth-order valence-electron chi connectivity index (χ4n) is 1.42. The Kier molecular flexibility index (Phi) is 4.65. The van der Waals surface area contributed by atoms with E-state index in [1.165, 1.54) is 0 Å². The first kappa shape index (κ1) is 13.7. The molecule has 0 aliphatic heterocycles. The molecule has 3 heteroatoms. The van der Waals surface area contributed by atoms with Crippen molar-refractivity contribution in [2.24, 2.45) is 0 Å². The molecule has 1 aromatic rings. The highest BCUT2D eigenvalue weighted by atomic mass is 32.1. The zero-order valence-electron chi connectivity index (χ0n) is 10.3. The minimum Gasteiger partial charge on any atom is -0.375 e. The molecular weight excluding hydrogens is 228 g/mol. The Morgan fingerprint density at radius 1 is 1.47 bits per heavy atom. The van der Waals surface area contributed by atoms with Gasteiger partial charge in [0.05, 0.1) is 11.6 Å². The van der Waals surface area contributed by atoms with E-state index in [0.29, 0.717) is 5.56 Å². The van der Waals surface area contributed by atoms with Gasteiger partial charge in [0, 0.05) is 24.0 Å². The predicted octanol–water partition coefficient (Wildman–Crippen LogP) is 3.26. The summed E-state index contributed by atoms with van der Waals surface area (Å²) < 4.78 is -0.138. The molecule has 2 nitrogen and oxygen atoms in total. The second kappa shape index (κ2) is 5.79. The number of nitrogens with zero attached hydrogens (tertiary/aromatic N) is 2. The first-order chi connectivity index (χ1) is 7.98. The molecule has 0 spiro atoms. The summed E-state index contributed by atoms with van der Waals surface area (Å²) in [5.41, 5.74) is 1.80. The third-order valence-corrected chi connectivity index (χ3v) is 3.24. The summed E-state index contributed by atoms with van der Waals surface area (Å²) in [6, 6.07) is 9.70. The highest BCUT2D eigenvalue weighted by molar-refractivity contribution is 7.82. The van der Waals surface area contributed by atoms with Gasteiger partial charge in [-0.2, -0.15) is 17.9 Å². The molecule has 1 unspecified atom stereocenters. The molecule has 0 aliphatic carbocycles. The molecule has 0 saturated heterocycles. The van der Waals surface area contributed by atoms with Crippen molar-refractivity contribution in [2.45, 2.75) is 18.1 Å². The number of rotatable bonds is 5. The van der Waals surface area contributed by atoms with Crippen molar-refractivity contribution in [1.82, 2.24) is 0 Å². The van der Waals surface area contributed by atoms with E-state index in [0.717, 1.165) is 18.7 Å². The van der Waals surface area contributed by atoms with Crippen molar-refractivity contribution in [2.75, 3.05) is 18.5 Å². The minimum atomic E-state index is -0.138. The fraction of sp³-hybridized carbons (Fsp3) is 0.357. The monoisotopic (exact) mass is 246 g/mol. The maximum absolute atomic E-state index is 8.72. The Morgan fingerprint density at radius 2 is 2.06 bits per heavy atom. The van der Waals surface area contributed by atoms with Crippen molar-refractivity contribution in [3.63, 3.8) is 0 Å². The van der Waals surface area contributed by atoms with E-state index in [2.05, 4.69) is 37.1 Å². The summed E-state index contributed by atoms with van der Waals surface area (Å²) in [5, 5.41) is 8.72. The average Bonchev–Trinajstić information content (AvgIpc) is 2.36. The maximum atomic E-state index is 8.72. The zero-order chi connectivity index (χ0) is 12.9. The molecular formula is C14H18N2S. The number of thiol groups is 1. The number of anilines is 1. The van der Waals surface area contributed by atoms with E-state index in [4.69, 9.17) is 5.26 Å². The Hall–Kier alpha value is -1.40. The Labute approximate surface area is 109 Å². The molecule has 0 amide bonds. The van der Waals surface area contributed by atoms with Crippen LogP contribution in [0, 0.1) is 11.3 Å². The first-order valence-electron chi connectivity index (χ1n) is 5.56. The van der Waals surface area contributed by atoms with Crippen molar-refractivity contribution in [3.05, 3.63) is 42.5 Å². The highest BCUT2D eigenvalue weighted by Crippen LogP contribution is 2.21. The van der Waals surface area contributed by atoms with Crippen LogP contribution in [0.2, 0.25) is 0 Å². The van der Waals surface area contributed by atoms with Crippen LogP contribution in [0.15, 0.2) is 36.9 Å². The second-order valence-corrected chi connectivity index (χ2v) is 5.41. The summed E-state index contributed by atoms with van der Waals surface area (Å²) in [6.07, 6.45) is 2.79. The fourth-order valence-corrected chi connectivity index (χ4v) is 1.52. The third-order valence-electron chi connectivity index (χ3n) is 2.83.